The quantitative estimate of drug-likeness (QED) is 0.860. The molecule has 1 atom stereocenters. The largest absolute Gasteiger partial charge is 0.492 e. The molecule has 0 N–H and O–H groups in total. The minimum Gasteiger partial charge on any atom is -0.492 e. The predicted molar refractivity (Wildman–Crippen MR) is 85.5 cm³/mol. The lowest BCUT2D eigenvalue weighted by Crippen LogP contribution is -2.41. The smallest absolute Gasteiger partial charge is 0.267 e. The van der Waals surface area contributed by atoms with E-state index in [9.17, 15) is 4.79 Å². The van der Waals surface area contributed by atoms with Gasteiger partial charge in [0.05, 0.1) is 17.8 Å². The van der Waals surface area contributed by atoms with Crippen molar-refractivity contribution in [2.45, 2.75) is 12.8 Å². The first kappa shape index (κ1) is 15.2. The Morgan fingerprint density at radius 1 is 1.45 bits per heavy atom. The molecular weight excluding hydrogens is 322 g/mol. The van der Waals surface area contributed by atoms with Crippen molar-refractivity contribution in [3.05, 3.63) is 40.4 Å². The number of aromatic nitrogens is 2. The highest BCUT2D eigenvalue weighted by molar-refractivity contribution is 7.07. The molecule has 116 valence electrons. The third-order valence-electron chi connectivity index (χ3n) is 3.69. The Hall–Kier alpha value is -1.66. The highest BCUT2D eigenvalue weighted by atomic mass is 35.5. The standard InChI is InChI=1S/C15H16ClN3O2S/c16-12-5-1-2-6-13(12)21-10-11-4-3-7-19(9-11)15(20)14-8-17-18-22-14/h1-2,5-6,8,11H,3-4,7,9-10H2. The summed E-state index contributed by atoms with van der Waals surface area (Å²) in [6.07, 6.45) is 3.56. The summed E-state index contributed by atoms with van der Waals surface area (Å²) in [7, 11) is 0. The normalized spacial score (nSPS) is 18.2. The monoisotopic (exact) mass is 337 g/mol. The van der Waals surface area contributed by atoms with Gasteiger partial charge in [0.1, 0.15) is 10.6 Å². The SMILES string of the molecule is O=C(c1cnns1)N1CCCC(COc2ccccc2Cl)C1. The highest BCUT2D eigenvalue weighted by Crippen LogP contribution is 2.25. The summed E-state index contributed by atoms with van der Waals surface area (Å²) in [5, 5.41) is 4.34. The highest BCUT2D eigenvalue weighted by Gasteiger charge is 2.26. The number of carbonyl (C=O) groups excluding carboxylic acids is 1. The molecule has 1 amide bonds. The summed E-state index contributed by atoms with van der Waals surface area (Å²) in [6, 6.07) is 7.44. The summed E-state index contributed by atoms with van der Waals surface area (Å²) in [5.41, 5.74) is 0. The van der Waals surface area contributed by atoms with Crippen LogP contribution in [-0.2, 0) is 0 Å². The molecule has 1 saturated heterocycles. The van der Waals surface area contributed by atoms with Crippen molar-refractivity contribution in [3.8, 4) is 5.75 Å². The van der Waals surface area contributed by atoms with Gasteiger partial charge in [-0.3, -0.25) is 4.79 Å². The predicted octanol–water partition coefficient (Wildman–Crippen LogP) is 3.12. The van der Waals surface area contributed by atoms with Crippen molar-refractivity contribution in [1.29, 1.82) is 0 Å². The van der Waals surface area contributed by atoms with Crippen LogP contribution in [0.2, 0.25) is 5.02 Å². The first-order valence-electron chi connectivity index (χ1n) is 7.18. The molecule has 1 aliphatic heterocycles. The van der Waals surface area contributed by atoms with Crippen LogP contribution in [0.3, 0.4) is 0 Å². The molecule has 2 aromatic rings. The molecule has 1 aliphatic rings. The fraction of sp³-hybridized carbons (Fsp3) is 0.400. The fourth-order valence-corrected chi connectivity index (χ4v) is 3.25. The van der Waals surface area contributed by atoms with E-state index in [4.69, 9.17) is 16.3 Å². The molecule has 1 aromatic heterocycles. The number of benzene rings is 1. The van der Waals surface area contributed by atoms with Gasteiger partial charge in [-0.2, -0.15) is 0 Å². The molecule has 0 bridgehead atoms. The second-order valence-electron chi connectivity index (χ2n) is 5.28. The Kier molecular flexibility index (Phi) is 4.90. The molecule has 1 fully saturated rings. The molecule has 0 saturated carbocycles. The molecule has 1 aromatic carbocycles. The summed E-state index contributed by atoms with van der Waals surface area (Å²) in [4.78, 5) is 14.8. The van der Waals surface area contributed by atoms with Crippen LogP contribution in [0.15, 0.2) is 30.5 Å². The molecule has 22 heavy (non-hydrogen) atoms. The maximum Gasteiger partial charge on any atom is 0.267 e. The van der Waals surface area contributed by atoms with Crippen molar-refractivity contribution in [3.63, 3.8) is 0 Å². The van der Waals surface area contributed by atoms with E-state index in [0.29, 0.717) is 34.7 Å². The summed E-state index contributed by atoms with van der Waals surface area (Å²) < 4.78 is 9.55. The number of ether oxygens (including phenoxy) is 1. The molecular formula is C15H16ClN3O2S. The Morgan fingerprint density at radius 3 is 3.09 bits per heavy atom. The Labute approximate surface area is 138 Å². The molecule has 7 heteroatoms. The van der Waals surface area contributed by atoms with Crippen LogP contribution < -0.4 is 4.74 Å². The van der Waals surface area contributed by atoms with Gasteiger partial charge >= 0.3 is 0 Å². The Bertz CT molecular complexity index is 635. The van der Waals surface area contributed by atoms with E-state index in [0.717, 1.165) is 30.9 Å². The molecule has 3 rings (SSSR count). The third-order valence-corrected chi connectivity index (χ3v) is 4.65. The first-order valence-corrected chi connectivity index (χ1v) is 8.33. The number of likely N-dealkylation sites (tertiary alicyclic amines) is 1. The van der Waals surface area contributed by atoms with Gasteiger partial charge in [-0.25, -0.2) is 0 Å². The molecule has 0 spiro atoms. The van der Waals surface area contributed by atoms with Crippen molar-refractivity contribution in [2.75, 3.05) is 19.7 Å². The molecule has 1 unspecified atom stereocenters. The molecule has 0 radical (unpaired) electrons. The van der Waals surface area contributed by atoms with Crippen LogP contribution in [-0.4, -0.2) is 40.1 Å². The van der Waals surface area contributed by atoms with Crippen LogP contribution >= 0.6 is 23.1 Å². The number of piperidine rings is 1. The average molecular weight is 338 g/mol. The number of hydrogen-bond donors (Lipinski definition) is 0. The van der Waals surface area contributed by atoms with Gasteiger partial charge in [0, 0.05) is 19.0 Å². The zero-order valence-corrected chi connectivity index (χ0v) is 13.5. The lowest BCUT2D eigenvalue weighted by atomic mass is 9.99. The number of rotatable bonds is 4. The maximum absolute atomic E-state index is 12.3. The number of halogens is 1. The molecule has 0 aliphatic carbocycles. The average Bonchev–Trinajstić information content (AvgIpc) is 3.08. The van der Waals surface area contributed by atoms with Gasteiger partial charge in [0.2, 0.25) is 0 Å². The van der Waals surface area contributed by atoms with Gasteiger partial charge < -0.3 is 9.64 Å². The summed E-state index contributed by atoms with van der Waals surface area (Å²) in [6.45, 7) is 2.04. The maximum atomic E-state index is 12.3. The fourth-order valence-electron chi connectivity index (χ4n) is 2.57. The third kappa shape index (κ3) is 3.56. The zero-order valence-electron chi connectivity index (χ0n) is 11.9. The topological polar surface area (TPSA) is 55.3 Å². The minimum absolute atomic E-state index is 0.0115. The number of amides is 1. The van der Waals surface area contributed by atoms with E-state index in [1.54, 1.807) is 0 Å². The van der Waals surface area contributed by atoms with Crippen molar-refractivity contribution >= 4 is 29.0 Å². The Balaban J connectivity index is 1.57. The van der Waals surface area contributed by atoms with Crippen LogP contribution in [0.4, 0.5) is 0 Å². The second-order valence-corrected chi connectivity index (χ2v) is 6.48. The van der Waals surface area contributed by atoms with Crippen LogP contribution in [0, 0.1) is 5.92 Å². The summed E-state index contributed by atoms with van der Waals surface area (Å²) >= 11 is 7.22. The first-order chi connectivity index (χ1) is 10.7. The van der Waals surface area contributed by atoms with Gasteiger partial charge in [0.15, 0.2) is 0 Å². The van der Waals surface area contributed by atoms with Crippen LogP contribution in [0.25, 0.3) is 0 Å². The van der Waals surface area contributed by atoms with Crippen molar-refractivity contribution < 1.29 is 9.53 Å². The van der Waals surface area contributed by atoms with E-state index < -0.39 is 0 Å². The van der Waals surface area contributed by atoms with Gasteiger partial charge in [0.25, 0.3) is 5.91 Å². The number of carbonyl (C=O) groups is 1. The minimum atomic E-state index is 0.0115. The Morgan fingerprint density at radius 2 is 2.32 bits per heavy atom. The van der Waals surface area contributed by atoms with Crippen molar-refractivity contribution in [1.82, 2.24) is 14.5 Å². The zero-order chi connectivity index (χ0) is 15.4. The van der Waals surface area contributed by atoms with E-state index >= 15 is 0 Å². The summed E-state index contributed by atoms with van der Waals surface area (Å²) in [5.74, 6) is 1.02. The van der Waals surface area contributed by atoms with Crippen LogP contribution in [0.5, 0.6) is 5.75 Å². The van der Waals surface area contributed by atoms with Crippen molar-refractivity contribution in [2.24, 2.45) is 5.92 Å². The lowest BCUT2D eigenvalue weighted by molar-refractivity contribution is 0.0638. The number of nitrogens with zero attached hydrogens (tertiary/aromatic N) is 3. The van der Waals surface area contributed by atoms with Crippen LogP contribution in [0.1, 0.15) is 22.5 Å². The second kappa shape index (κ2) is 7.07. The van der Waals surface area contributed by atoms with E-state index in [1.165, 1.54) is 6.20 Å². The van der Waals surface area contributed by atoms with Gasteiger partial charge in [-0.05, 0) is 36.5 Å². The van der Waals surface area contributed by atoms with E-state index in [1.807, 2.05) is 29.2 Å². The molecule has 5 nitrogen and oxygen atoms in total. The van der Waals surface area contributed by atoms with Gasteiger partial charge in [-0.1, -0.05) is 28.2 Å². The van der Waals surface area contributed by atoms with E-state index in [-0.39, 0.29) is 5.91 Å². The lowest BCUT2D eigenvalue weighted by Gasteiger charge is -2.32. The number of para-hydroxylation sites is 1. The van der Waals surface area contributed by atoms with E-state index in [2.05, 4.69) is 9.59 Å². The number of hydrogen-bond acceptors (Lipinski definition) is 5. The van der Waals surface area contributed by atoms with Gasteiger partial charge in [-0.15, -0.1) is 5.10 Å². The molecule has 2 heterocycles.